The van der Waals surface area contributed by atoms with Crippen molar-refractivity contribution >= 4 is 27.5 Å². The number of carbonyl (C=O) groups is 2. The van der Waals surface area contributed by atoms with Gasteiger partial charge in [-0.05, 0) is 66.3 Å². The van der Waals surface area contributed by atoms with E-state index in [4.69, 9.17) is 4.74 Å². The highest BCUT2D eigenvalue weighted by molar-refractivity contribution is 7.92. The fraction of sp³-hybridized carbons (Fsp3) is 0.394. The lowest BCUT2D eigenvalue weighted by molar-refractivity contribution is -0.140. The molecular weight excluding hydrogens is 550 g/mol. The molecule has 226 valence electrons. The van der Waals surface area contributed by atoms with E-state index in [-0.39, 0.29) is 23.3 Å². The van der Waals surface area contributed by atoms with Crippen molar-refractivity contribution in [2.75, 3.05) is 24.5 Å². The number of nitrogens with zero attached hydrogens (tertiary/aromatic N) is 2. The first-order valence-electron chi connectivity index (χ1n) is 14.5. The van der Waals surface area contributed by atoms with Crippen LogP contribution in [0.3, 0.4) is 0 Å². The Balaban J connectivity index is 2.05. The second kappa shape index (κ2) is 15.4. The predicted molar refractivity (Wildman–Crippen MR) is 167 cm³/mol. The Labute approximate surface area is 250 Å². The number of rotatable bonds is 15. The van der Waals surface area contributed by atoms with Crippen LogP contribution in [-0.4, -0.2) is 51.4 Å². The average molecular weight is 594 g/mol. The molecule has 42 heavy (non-hydrogen) atoms. The number of sulfonamides is 1. The zero-order valence-corrected chi connectivity index (χ0v) is 26.1. The topological polar surface area (TPSA) is 96.0 Å². The molecule has 0 heterocycles. The summed E-state index contributed by atoms with van der Waals surface area (Å²) in [5, 5.41) is 2.95. The number of nitrogens with one attached hydrogen (secondary N) is 1. The molecule has 0 aliphatic carbocycles. The predicted octanol–water partition coefficient (Wildman–Crippen LogP) is 5.74. The van der Waals surface area contributed by atoms with E-state index in [1.165, 1.54) is 17.0 Å². The fourth-order valence-corrected chi connectivity index (χ4v) is 6.10. The Bertz CT molecular complexity index is 1410. The molecule has 1 atom stereocenters. The number of hydrogen-bond donors (Lipinski definition) is 1. The highest BCUT2D eigenvalue weighted by atomic mass is 32.2. The van der Waals surface area contributed by atoms with Gasteiger partial charge in [-0.3, -0.25) is 13.9 Å². The van der Waals surface area contributed by atoms with E-state index >= 15 is 0 Å². The Kier molecular flexibility index (Phi) is 12.0. The molecule has 0 radical (unpaired) electrons. The van der Waals surface area contributed by atoms with Gasteiger partial charge in [-0.15, -0.1) is 0 Å². The monoisotopic (exact) mass is 593 g/mol. The van der Waals surface area contributed by atoms with Crippen LogP contribution in [0.1, 0.15) is 64.0 Å². The van der Waals surface area contributed by atoms with Crippen LogP contribution in [0, 0.1) is 0 Å². The van der Waals surface area contributed by atoms with Gasteiger partial charge in [0.15, 0.2) is 0 Å². The molecule has 0 spiro atoms. The van der Waals surface area contributed by atoms with Crippen LogP contribution in [0.4, 0.5) is 5.69 Å². The Morgan fingerprint density at radius 2 is 1.62 bits per heavy atom. The van der Waals surface area contributed by atoms with Gasteiger partial charge in [-0.25, -0.2) is 8.42 Å². The first-order chi connectivity index (χ1) is 20.1. The summed E-state index contributed by atoms with van der Waals surface area (Å²) in [6, 6.07) is 21.8. The van der Waals surface area contributed by atoms with Crippen LogP contribution in [0.5, 0.6) is 5.75 Å². The highest BCUT2D eigenvalue weighted by Crippen LogP contribution is 2.27. The minimum Gasteiger partial charge on any atom is -0.497 e. The van der Waals surface area contributed by atoms with Crippen molar-refractivity contribution in [1.82, 2.24) is 10.2 Å². The number of benzene rings is 3. The largest absolute Gasteiger partial charge is 0.497 e. The van der Waals surface area contributed by atoms with Crippen molar-refractivity contribution < 1.29 is 22.7 Å². The number of carbonyl (C=O) groups excluding carboxylic acids is 2. The quantitative estimate of drug-likeness (QED) is 0.227. The molecule has 3 aromatic carbocycles. The smallest absolute Gasteiger partial charge is 0.264 e. The summed E-state index contributed by atoms with van der Waals surface area (Å²) in [4.78, 5) is 29.1. The van der Waals surface area contributed by atoms with Crippen molar-refractivity contribution in [2.24, 2.45) is 0 Å². The van der Waals surface area contributed by atoms with Gasteiger partial charge in [-0.2, -0.15) is 0 Å². The van der Waals surface area contributed by atoms with E-state index in [1.807, 2.05) is 44.2 Å². The zero-order valence-electron chi connectivity index (χ0n) is 25.2. The number of anilines is 1. The second-order valence-electron chi connectivity index (χ2n) is 10.5. The van der Waals surface area contributed by atoms with Crippen molar-refractivity contribution in [1.29, 1.82) is 0 Å². The molecule has 0 aliphatic heterocycles. The summed E-state index contributed by atoms with van der Waals surface area (Å²) < 4.78 is 34.4. The second-order valence-corrected chi connectivity index (χ2v) is 12.4. The van der Waals surface area contributed by atoms with Gasteiger partial charge in [0.2, 0.25) is 11.8 Å². The highest BCUT2D eigenvalue weighted by Gasteiger charge is 2.33. The maximum Gasteiger partial charge on any atom is 0.264 e. The molecule has 0 fully saturated rings. The number of hydrogen-bond acceptors (Lipinski definition) is 5. The van der Waals surface area contributed by atoms with Crippen molar-refractivity contribution in [2.45, 2.75) is 70.4 Å². The van der Waals surface area contributed by atoms with Gasteiger partial charge in [0.25, 0.3) is 10.0 Å². The SMILES string of the molecule is CCCCNC(=O)C(CC)N(Cc1cccc(OC)c1)C(=O)CN(c1ccc(C(C)C)cc1)S(=O)(=O)c1ccccc1. The minimum absolute atomic E-state index is 0.0782. The third-order valence-corrected chi connectivity index (χ3v) is 8.95. The lowest BCUT2D eigenvalue weighted by Gasteiger charge is -2.33. The third-order valence-electron chi connectivity index (χ3n) is 7.16. The van der Waals surface area contributed by atoms with E-state index in [2.05, 4.69) is 19.2 Å². The molecule has 1 unspecified atom stereocenters. The van der Waals surface area contributed by atoms with Gasteiger partial charge in [0.05, 0.1) is 17.7 Å². The minimum atomic E-state index is -4.10. The number of ether oxygens (including phenoxy) is 1. The molecule has 0 bridgehead atoms. The summed E-state index contributed by atoms with van der Waals surface area (Å²) in [6.45, 7) is 8.15. The van der Waals surface area contributed by atoms with E-state index in [1.54, 1.807) is 43.5 Å². The molecule has 0 saturated carbocycles. The Morgan fingerprint density at radius 1 is 0.929 bits per heavy atom. The van der Waals surface area contributed by atoms with Crippen molar-refractivity contribution in [3.63, 3.8) is 0 Å². The molecular formula is C33H43N3O5S. The number of methoxy groups -OCH3 is 1. The van der Waals surface area contributed by atoms with Gasteiger partial charge in [0, 0.05) is 13.1 Å². The van der Waals surface area contributed by atoms with Gasteiger partial charge >= 0.3 is 0 Å². The first-order valence-corrected chi connectivity index (χ1v) is 15.9. The summed E-state index contributed by atoms with van der Waals surface area (Å²) in [5.74, 6) is 0.136. The fourth-order valence-electron chi connectivity index (χ4n) is 4.67. The molecule has 3 rings (SSSR count). The first kappa shape index (κ1) is 32.7. The molecule has 0 aromatic heterocycles. The molecule has 0 saturated heterocycles. The maximum absolute atomic E-state index is 14.2. The average Bonchev–Trinajstić information content (AvgIpc) is 3.00. The van der Waals surface area contributed by atoms with Crippen LogP contribution in [0.25, 0.3) is 0 Å². The Morgan fingerprint density at radius 3 is 2.21 bits per heavy atom. The summed E-state index contributed by atoms with van der Waals surface area (Å²) in [6.07, 6.45) is 2.11. The Hall–Kier alpha value is -3.85. The molecule has 8 nitrogen and oxygen atoms in total. The molecule has 3 aromatic rings. The summed E-state index contributed by atoms with van der Waals surface area (Å²) >= 11 is 0. The van der Waals surface area contributed by atoms with Crippen LogP contribution >= 0.6 is 0 Å². The number of unbranched alkanes of at least 4 members (excludes halogenated alkanes) is 1. The maximum atomic E-state index is 14.2. The van der Waals surface area contributed by atoms with E-state index in [9.17, 15) is 18.0 Å². The van der Waals surface area contributed by atoms with Crippen LogP contribution in [-0.2, 0) is 26.2 Å². The number of amides is 2. The molecule has 0 aliphatic rings. The molecule has 2 amide bonds. The molecule has 9 heteroatoms. The van der Waals surface area contributed by atoms with Crippen molar-refractivity contribution in [3.05, 3.63) is 90.0 Å². The van der Waals surface area contributed by atoms with E-state index < -0.39 is 28.5 Å². The lowest BCUT2D eigenvalue weighted by Crippen LogP contribution is -2.52. The van der Waals surface area contributed by atoms with E-state index in [0.717, 1.165) is 28.3 Å². The summed E-state index contributed by atoms with van der Waals surface area (Å²) in [5.41, 5.74) is 2.19. The lowest BCUT2D eigenvalue weighted by atomic mass is 10.0. The van der Waals surface area contributed by atoms with Gasteiger partial charge < -0.3 is 15.0 Å². The zero-order chi connectivity index (χ0) is 30.7. The standard InChI is InChI=1S/C33H43N3O5S/c1-6-8-21-34-33(38)31(7-2)35(23-26-13-12-14-29(22-26)41-5)32(37)24-36(28-19-17-27(18-20-28)25(3)4)42(39,40)30-15-10-9-11-16-30/h9-20,22,25,31H,6-8,21,23-24H2,1-5H3,(H,34,38). The normalized spacial score (nSPS) is 12.0. The van der Waals surface area contributed by atoms with Gasteiger partial charge in [-0.1, -0.05) is 76.6 Å². The molecule has 1 N–H and O–H groups in total. The summed E-state index contributed by atoms with van der Waals surface area (Å²) in [7, 11) is -2.54. The van der Waals surface area contributed by atoms with Crippen molar-refractivity contribution in [3.8, 4) is 5.75 Å². The van der Waals surface area contributed by atoms with Crippen LogP contribution in [0.2, 0.25) is 0 Å². The third kappa shape index (κ3) is 8.35. The van der Waals surface area contributed by atoms with Crippen LogP contribution in [0.15, 0.2) is 83.8 Å². The van der Waals surface area contributed by atoms with Gasteiger partial charge in [0.1, 0.15) is 18.3 Å². The van der Waals surface area contributed by atoms with Crippen LogP contribution < -0.4 is 14.4 Å². The van der Waals surface area contributed by atoms with E-state index in [0.29, 0.717) is 24.4 Å².